The van der Waals surface area contributed by atoms with Crippen LogP contribution >= 0.6 is 0 Å². The van der Waals surface area contributed by atoms with Crippen molar-refractivity contribution >= 4 is 0 Å². The van der Waals surface area contributed by atoms with Crippen molar-refractivity contribution in [2.75, 3.05) is 13.2 Å². The van der Waals surface area contributed by atoms with E-state index < -0.39 is 0 Å². The molecular weight excluding hydrogens is 236 g/mol. The SMILES string of the molecule is Cc1cc(-c2cccc3c2OCC[C@H]3CN)ccn1. The fourth-order valence-corrected chi connectivity index (χ4v) is 2.68. The monoisotopic (exact) mass is 254 g/mol. The molecule has 2 heterocycles. The largest absolute Gasteiger partial charge is 0.493 e. The minimum Gasteiger partial charge on any atom is -0.493 e. The van der Waals surface area contributed by atoms with Gasteiger partial charge in [0.2, 0.25) is 0 Å². The molecule has 3 heteroatoms. The molecule has 0 unspecified atom stereocenters. The zero-order chi connectivity index (χ0) is 13.2. The third kappa shape index (κ3) is 2.22. The lowest BCUT2D eigenvalue weighted by Gasteiger charge is -2.26. The quantitative estimate of drug-likeness (QED) is 0.896. The van der Waals surface area contributed by atoms with Gasteiger partial charge in [-0.05, 0) is 43.1 Å². The van der Waals surface area contributed by atoms with Gasteiger partial charge >= 0.3 is 0 Å². The minimum absolute atomic E-state index is 0.409. The summed E-state index contributed by atoms with van der Waals surface area (Å²) < 4.78 is 5.90. The molecule has 1 aliphatic rings. The Morgan fingerprint density at radius 2 is 2.26 bits per heavy atom. The van der Waals surface area contributed by atoms with Crippen LogP contribution in [0.4, 0.5) is 0 Å². The van der Waals surface area contributed by atoms with Crippen molar-refractivity contribution in [3.8, 4) is 16.9 Å². The van der Waals surface area contributed by atoms with E-state index in [9.17, 15) is 0 Å². The number of hydrogen-bond donors (Lipinski definition) is 1. The molecular formula is C16H18N2O. The van der Waals surface area contributed by atoms with Gasteiger partial charge in [-0.3, -0.25) is 4.98 Å². The molecule has 0 aliphatic carbocycles. The number of nitrogens with zero attached hydrogens (tertiary/aromatic N) is 1. The van der Waals surface area contributed by atoms with E-state index in [-0.39, 0.29) is 0 Å². The van der Waals surface area contributed by atoms with E-state index in [1.54, 1.807) is 0 Å². The first-order valence-electron chi connectivity index (χ1n) is 6.68. The van der Waals surface area contributed by atoms with E-state index in [1.165, 1.54) is 5.56 Å². The van der Waals surface area contributed by atoms with Crippen molar-refractivity contribution in [3.63, 3.8) is 0 Å². The van der Waals surface area contributed by atoms with Crippen LogP contribution in [0.25, 0.3) is 11.1 Å². The van der Waals surface area contributed by atoms with Crippen molar-refractivity contribution in [1.29, 1.82) is 0 Å². The summed E-state index contributed by atoms with van der Waals surface area (Å²) in [5, 5.41) is 0. The van der Waals surface area contributed by atoms with Crippen LogP contribution < -0.4 is 10.5 Å². The number of nitrogens with two attached hydrogens (primary N) is 1. The van der Waals surface area contributed by atoms with Gasteiger partial charge in [-0.1, -0.05) is 18.2 Å². The molecule has 2 aromatic rings. The normalized spacial score (nSPS) is 17.7. The molecule has 19 heavy (non-hydrogen) atoms. The molecule has 2 N–H and O–H groups in total. The Labute approximate surface area is 113 Å². The first kappa shape index (κ1) is 12.2. The number of hydrogen-bond acceptors (Lipinski definition) is 3. The standard InChI is InChI=1S/C16H18N2O/c1-11-9-12(5-7-18-11)14-3-2-4-15-13(10-17)6-8-19-16(14)15/h2-5,7,9,13H,6,8,10,17H2,1H3/t13-/m0/s1. The highest BCUT2D eigenvalue weighted by Crippen LogP contribution is 2.40. The van der Waals surface area contributed by atoms with E-state index >= 15 is 0 Å². The average molecular weight is 254 g/mol. The van der Waals surface area contributed by atoms with Gasteiger partial charge in [0.1, 0.15) is 5.75 Å². The van der Waals surface area contributed by atoms with Crippen LogP contribution in [0.2, 0.25) is 0 Å². The molecule has 0 spiro atoms. The molecule has 1 aliphatic heterocycles. The summed E-state index contributed by atoms with van der Waals surface area (Å²) in [6, 6.07) is 10.4. The van der Waals surface area contributed by atoms with Crippen molar-refractivity contribution in [3.05, 3.63) is 47.8 Å². The number of aromatic nitrogens is 1. The first-order valence-corrected chi connectivity index (χ1v) is 6.68. The predicted molar refractivity (Wildman–Crippen MR) is 76.3 cm³/mol. The predicted octanol–water partition coefficient (Wildman–Crippen LogP) is 2.88. The molecule has 3 nitrogen and oxygen atoms in total. The average Bonchev–Trinajstić information content (AvgIpc) is 2.46. The molecule has 0 radical (unpaired) electrons. The lowest BCUT2D eigenvalue weighted by atomic mass is 9.90. The summed E-state index contributed by atoms with van der Waals surface area (Å²) >= 11 is 0. The maximum atomic E-state index is 5.90. The summed E-state index contributed by atoms with van der Waals surface area (Å²) in [7, 11) is 0. The third-order valence-corrected chi connectivity index (χ3v) is 3.69. The summed E-state index contributed by atoms with van der Waals surface area (Å²) in [5.74, 6) is 1.40. The second kappa shape index (κ2) is 5.02. The Balaban J connectivity index is 2.13. The molecule has 0 saturated heterocycles. The Bertz CT molecular complexity index is 595. The van der Waals surface area contributed by atoms with Gasteiger partial charge in [0, 0.05) is 23.4 Å². The first-order chi connectivity index (χ1) is 9.29. The number of fused-ring (bicyclic) bond motifs is 1. The molecule has 0 amide bonds. The fourth-order valence-electron chi connectivity index (χ4n) is 2.68. The van der Waals surface area contributed by atoms with Crippen LogP contribution in [0, 0.1) is 6.92 Å². The van der Waals surface area contributed by atoms with Gasteiger partial charge in [0.25, 0.3) is 0 Å². The van der Waals surface area contributed by atoms with E-state index in [4.69, 9.17) is 10.5 Å². The minimum atomic E-state index is 0.409. The number of aryl methyl sites for hydroxylation is 1. The van der Waals surface area contributed by atoms with Crippen LogP contribution in [0.1, 0.15) is 23.6 Å². The zero-order valence-corrected chi connectivity index (χ0v) is 11.1. The smallest absolute Gasteiger partial charge is 0.130 e. The van der Waals surface area contributed by atoms with E-state index in [1.807, 2.05) is 19.2 Å². The lowest BCUT2D eigenvalue weighted by Crippen LogP contribution is -2.21. The highest BCUT2D eigenvalue weighted by Gasteiger charge is 2.22. The second-order valence-corrected chi connectivity index (χ2v) is 4.98. The summed E-state index contributed by atoms with van der Waals surface area (Å²) in [6.07, 6.45) is 2.84. The van der Waals surface area contributed by atoms with Gasteiger partial charge in [-0.2, -0.15) is 0 Å². The Morgan fingerprint density at radius 1 is 1.37 bits per heavy atom. The summed E-state index contributed by atoms with van der Waals surface area (Å²) in [5.41, 5.74) is 10.4. The maximum Gasteiger partial charge on any atom is 0.130 e. The van der Waals surface area contributed by atoms with Gasteiger partial charge in [-0.25, -0.2) is 0 Å². The fraction of sp³-hybridized carbons (Fsp3) is 0.312. The summed E-state index contributed by atoms with van der Waals surface area (Å²) in [6.45, 7) is 3.42. The molecule has 98 valence electrons. The number of benzene rings is 1. The Kier molecular flexibility index (Phi) is 3.22. The number of rotatable bonds is 2. The Hall–Kier alpha value is -1.87. The second-order valence-electron chi connectivity index (χ2n) is 4.98. The van der Waals surface area contributed by atoms with Crippen molar-refractivity contribution < 1.29 is 4.74 Å². The van der Waals surface area contributed by atoms with Gasteiger partial charge in [-0.15, -0.1) is 0 Å². The van der Waals surface area contributed by atoms with Crippen LogP contribution in [0.5, 0.6) is 5.75 Å². The maximum absolute atomic E-state index is 5.90. The number of para-hydroxylation sites is 1. The van der Waals surface area contributed by atoms with Crippen molar-refractivity contribution in [2.24, 2.45) is 5.73 Å². The summed E-state index contributed by atoms with van der Waals surface area (Å²) in [4.78, 5) is 4.25. The van der Waals surface area contributed by atoms with Gasteiger partial charge < -0.3 is 10.5 Å². The zero-order valence-electron chi connectivity index (χ0n) is 11.1. The molecule has 1 aromatic carbocycles. The topological polar surface area (TPSA) is 48.1 Å². The van der Waals surface area contributed by atoms with E-state index in [0.717, 1.165) is 35.6 Å². The number of ether oxygens (including phenoxy) is 1. The number of pyridine rings is 1. The third-order valence-electron chi connectivity index (χ3n) is 3.69. The van der Waals surface area contributed by atoms with Crippen LogP contribution in [-0.2, 0) is 0 Å². The van der Waals surface area contributed by atoms with E-state index in [0.29, 0.717) is 12.5 Å². The molecule has 0 saturated carbocycles. The van der Waals surface area contributed by atoms with Gasteiger partial charge in [0.05, 0.1) is 6.61 Å². The van der Waals surface area contributed by atoms with Crippen LogP contribution in [0.3, 0.4) is 0 Å². The van der Waals surface area contributed by atoms with Crippen molar-refractivity contribution in [1.82, 2.24) is 4.98 Å². The van der Waals surface area contributed by atoms with Crippen molar-refractivity contribution in [2.45, 2.75) is 19.3 Å². The molecule has 1 atom stereocenters. The Morgan fingerprint density at radius 3 is 3.05 bits per heavy atom. The molecule has 3 rings (SSSR count). The van der Waals surface area contributed by atoms with Crippen LogP contribution in [-0.4, -0.2) is 18.1 Å². The lowest BCUT2D eigenvalue weighted by molar-refractivity contribution is 0.270. The van der Waals surface area contributed by atoms with Gasteiger partial charge in [0.15, 0.2) is 0 Å². The highest BCUT2D eigenvalue weighted by molar-refractivity contribution is 5.73. The highest BCUT2D eigenvalue weighted by atomic mass is 16.5. The van der Waals surface area contributed by atoms with E-state index in [2.05, 4.69) is 29.2 Å². The van der Waals surface area contributed by atoms with Crippen LogP contribution in [0.15, 0.2) is 36.5 Å². The molecule has 0 fully saturated rings. The molecule has 1 aromatic heterocycles. The molecule has 0 bridgehead atoms.